The van der Waals surface area contributed by atoms with Gasteiger partial charge in [0, 0.05) is 69.0 Å². The number of hydrogen-bond donors (Lipinski definition) is 0. The standard InChI is InChI=1S/5C24H24N3/c1-5-16-7-9-19-18(13-16)23-22(15(3)11-12-25-23)24-26(4)20-10-8-17(6-2)14-21(20)27(19)24;1-5-16-7-9-18-20(13-16)27-19-10-8-17(6-2)14-21(19)26(4)24(27)22-15(3)11-12-25-23(18)22;1-5-16-7-9-18-20(13-16)27-21-14-17(6-2)8-10-19(21)26(4)24(27)22-15(3)11-12-25-23(18)22;1-5-16-10-11-19-18(14-16)22-21(15(3)12-13-25-22)24-26(4)20-9-7-8-17(6-2)23(20)27(19)24;1-5-16-13-17(6-2)23-20(14-16)26(4)24-21-15(3)11-12-25-22(21)18-9-7-8-10-19(18)27(23)24/h5*7-14H,5-6H2,1-4H3/q5*+1. The quantitative estimate of drug-likeness (QED) is 0.100. The predicted molar refractivity (Wildman–Crippen MR) is 562 cm³/mol. The van der Waals surface area contributed by atoms with Crippen LogP contribution < -0.4 is 22.7 Å². The Hall–Kier alpha value is -14.7. The highest BCUT2D eigenvalue weighted by molar-refractivity contribution is 6.17. The van der Waals surface area contributed by atoms with Crippen LogP contribution in [0.4, 0.5) is 0 Å². The maximum absolute atomic E-state index is 4.82. The van der Waals surface area contributed by atoms with Crippen molar-refractivity contribution in [1.82, 2.24) is 47.1 Å². The van der Waals surface area contributed by atoms with Gasteiger partial charge in [-0.05, 0) is 311 Å². The number of benzene rings is 10. The molecule has 25 rings (SSSR count). The van der Waals surface area contributed by atoms with Crippen LogP contribution in [0.5, 0.6) is 0 Å². The Morgan fingerprint density at radius 2 is 0.578 bits per heavy atom. The maximum Gasteiger partial charge on any atom is 0.297 e. The molecule has 0 aliphatic rings. The van der Waals surface area contributed by atoms with Crippen molar-refractivity contribution in [3.05, 3.63) is 327 Å². The van der Waals surface area contributed by atoms with Crippen LogP contribution >= 0.6 is 0 Å². The van der Waals surface area contributed by atoms with Gasteiger partial charge >= 0.3 is 0 Å². The van der Waals surface area contributed by atoms with E-state index in [2.05, 4.69) is 396 Å². The third kappa shape index (κ3) is 13.6. The number of imidazole rings is 5. The molecule has 0 aliphatic carbocycles. The van der Waals surface area contributed by atoms with Crippen LogP contribution in [0.1, 0.15) is 153 Å². The largest absolute Gasteiger partial charge is 0.297 e. The normalized spacial score (nSPS) is 12.0. The molecule has 0 fully saturated rings. The lowest BCUT2D eigenvalue weighted by Gasteiger charge is -2.08. The minimum atomic E-state index is 1.02. The fourth-order valence-electron chi connectivity index (χ4n) is 22.2. The van der Waals surface area contributed by atoms with E-state index in [-0.39, 0.29) is 0 Å². The van der Waals surface area contributed by atoms with Crippen molar-refractivity contribution in [3.63, 3.8) is 0 Å². The molecular formula is C120H120N15+5. The predicted octanol–water partition coefficient (Wildman–Crippen LogP) is 25.3. The fraction of sp³-hybridized carbons (Fsp3) is 0.250. The lowest BCUT2D eigenvalue weighted by molar-refractivity contribution is -0.617. The van der Waals surface area contributed by atoms with Gasteiger partial charge < -0.3 is 0 Å². The first kappa shape index (κ1) is 87.0. The molecule has 135 heavy (non-hydrogen) atoms. The highest BCUT2D eigenvalue weighted by atomic mass is 15.2. The summed E-state index contributed by atoms with van der Waals surface area (Å²) in [5, 5.41) is 12.3. The van der Waals surface area contributed by atoms with E-state index >= 15 is 0 Å². The van der Waals surface area contributed by atoms with Gasteiger partial charge in [0.15, 0.2) is 55.2 Å². The lowest BCUT2D eigenvalue weighted by Crippen LogP contribution is -2.27. The molecule has 15 heteroatoms. The first-order valence-electron chi connectivity index (χ1n) is 48.8. The van der Waals surface area contributed by atoms with Gasteiger partial charge in [-0.15, -0.1) is 0 Å². The van der Waals surface area contributed by atoms with E-state index in [9.17, 15) is 0 Å². The Labute approximate surface area is 787 Å². The summed E-state index contributed by atoms with van der Waals surface area (Å²) in [6.45, 7) is 33.1. The Bertz CT molecular complexity index is 9210. The van der Waals surface area contributed by atoms with E-state index in [1.54, 1.807) is 0 Å². The van der Waals surface area contributed by atoms with Crippen LogP contribution in [0.25, 0.3) is 192 Å². The molecule has 15 heterocycles. The van der Waals surface area contributed by atoms with E-state index < -0.39 is 0 Å². The highest BCUT2D eigenvalue weighted by Gasteiger charge is 2.33. The molecule has 0 saturated heterocycles. The number of aromatic nitrogens is 15. The van der Waals surface area contributed by atoms with Crippen LogP contribution in [0.3, 0.4) is 0 Å². The van der Waals surface area contributed by atoms with Crippen molar-refractivity contribution >= 4 is 192 Å². The summed E-state index contributed by atoms with van der Waals surface area (Å²) in [5.74, 6) is 0. The lowest BCUT2D eigenvalue weighted by atomic mass is 10.0. The van der Waals surface area contributed by atoms with Crippen LogP contribution in [0, 0.1) is 34.6 Å². The average molecular weight is 1770 g/mol. The number of fused-ring (bicyclic) bond motifs is 40. The Morgan fingerprint density at radius 1 is 0.237 bits per heavy atom. The van der Waals surface area contributed by atoms with Gasteiger partial charge in [-0.3, -0.25) is 24.9 Å². The van der Waals surface area contributed by atoms with Gasteiger partial charge in [-0.25, -0.2) is 22.8 Å². The summed E-state index contributed by atoms with van der Waals surface area (Å²) >= 11 is 0. The number of aryl methyl sites for hydroxylation is 20. The molecule has 0 spiro atoms. The van der Waals surface area contributed by atoms with Crippen molar-refractivity contribution in [2.75, 3.05) is 0 Å². The second kappa shape index (κ2) is 34.4. The number of pyridine rings is 10. The van der Waals surface area contributed by atoms with Crippen molar-refractivity contribution in [2.24, 2.45) is 35.2 Å². The second-order valence-corrected chi connectivity index (χ2v) is 37.2. The van der Waals surface area contributed by atoms with E-state index in [0.29, 0.717) is 0 Å². The molecule has 0 atom stereocenters. The smallest absolute Gasteiger partial charge is 0.255 e. The van der Waals surface area contributed by atoms with Gasteiger partial charge in [0.05, 0.1) is 89.8 Å². The van der Waals surface area contributed by atoms with Crippen LogP contribution in [-0.4, -0.2) is 47.1 Å². The van der Waals surface area contributed by atoms with Gasteiger partial charge in [0.1, 0.15) is 27.6 Å². The highest BCUT2D eigenvalue weighted by Crippen LogP contribution is 2.41. The van der Waals surface area contributed by atoms with Gasteiger partial charge in [0.2, 0.25) is 0 Å². The Kier molecular flexibility index (Phi) is 22.2. The molecule has 10 aromatic carbocycles. The van der Waals surface area contributed by atoms with Crippen molar-refractivity contribution in [2.45, 2.75) is 168 Å². The second-order valence-electron chi connectivity index (χ2n) is 37.2. The number of para-hydroxylation sites is 2. The molecule has 670 valence electrons. The monoisotopic (exact) mass is 1770 g/mol. The van der Waals surface area contributed by atoms with Gasteiger partial charge in [0.25, 0.3) is 28.2 Å². The zero-order valence-corrected chi connectivity index (χ0v) is 81.9. The maximum atomic E-state index is 4.82. The van der Waals surface area contributed by atoms with Crippen molar-refractivity contribution in [1.29, 1.82) is 0 Å². The van der Waals surface area contributed by atoms with Gasteiger partial charge in [-0.1, -0.05) is 142 Å². The van der Waals surface area contributed by atoms with E-state index in [4.69, 9.17) is 24.9 Å². The van der Waals surface area contributed by atoms with Crippen LogP contribution in [0.2, 0.25) is 0 Å². The summed E-state index contributed by atoms with van der Waals surface area (Å²) < 4.78 is 23.9. The molecule has 15 aromatic heterocycles. The molecule has 0 aliphatic heterocycles. The number of hydrogen-bond acceptors (Lipinski definition) is 5. The summed E-state index contributed by atoms with van der Waals surface area (Å²) in [5.41, 5.74) is 50.6. The van der Waals surface area contributed by atoms with Gasteiger partial charge in [-0.2, -0.15) is 22.0 Å². The number of nitrogens with zero attached hydrogens (tertiary/aromatic N) is 15. The SMILES string of the molecule is CCc1cc(CC)c2c(c1)n(C)c1c3c(C)ccnc3c3ccccc3[n+]21.CCc1ccc2c(c1)c1nccc(C)c1c1n2c2c(CC)cccc2[n+]1C.CCc1ccc2c(c1)c1nccc(C)c1c1n2c2cc(CC)ccc2[n+]1C.CCc1ccc2c3nccc(C)c3c3n(c2c1)c1cc(CC)ccc1[n+]3C.CCc1ccc2c3nccc(C)c3c3n(c2c1)c1ccc(CC)cc1[n+]3C. The first-order chi connectivity index (χ1) is 65.7. The van der Waals surface area contributed by atoms with E-state index in [0.717, 1.165) is 91.8 Å². The van der Waals surface area contributed by atoms with E-state index in [1.807, 2.05) is 31.0 Å². The molecule has 0 radical (unpaired) electrons. The third-order valence-electron chi connectivity index (χ3n) is 29.6. The molecule has 0 unspecified atom stereocenters. The Morgan fingerprint density at radius 3 is 1.04 bits per heavy atom. The zero-order chi connectivity index (χ0) is 93.5. The summed E-state index contributed by atoms with van der Waals surface area (Å²) in [4.78, 5) is 24.0. The molecule has 0 N–H and O–H groups in total. The number of rotatable bonds is 10. The molecule has 15 nitrogen and oxygen atoms in total. The minimum Gasteiger partial charge on any atom is -0.255 e. The van der Waals surface area contributed by atoms with E-state index in [1.165, 1.54) is 248 Å². The zero-order valence-electron chi connectivity index (χ0n) is 81.9. The summed E-state index contributed by atoms with van der Waals surface area (Å²) in [7, 11) is 10.9. The van der Waals surface area contributed by atoms with Crippen LogP contribution in [-0.2, 0) is 99.4 Å². The molecule has 0 saturated carbocycles. The minimum absolute atomic E-state index is 1.02. The van der Waals surface area contributed by atoms with Crippen molar-refractivity contribution < 1.29 is 22.7 Å². The van der Waals surface area contributed by atoms with Crippen molar-refractivity contribution in [3.8, 4) is 0 Å². The van der Waals surface area contributed by atoms with Crippen LogP contribution in [0.15, 0.2) is 243 Å². The average Bonchev–Trinajstić information content (AvgIpc) is 1.62. The molecule has 0 amide bonds. The molecule has 0 bridgehead atoms. The summed E-state index contributed by atoms with van der Waals surface area (Å²) in [6.07, 6.45) is 20.0. The topological polar surface area (TPSA) is 107 Å². The molecule has 25 aromatic rings. The first-order valence-corrected chi connectivity index (χ1v) is 48.8. The fourth-order valence-corrected chi connectivity index (χ4v) is 22.2. The Balaban J connectivity index is 0.000000101. The molecular weight excluding hydrogens is 1650 g/mol. The third-order valence-corrected chi connectivity index (χ3v) is 29.6. The summed E-state index contributed by atoms with van der Waals surface area (Å²) in [6, 6.07) is 78.5.